The lowest BCUT2D eigenvalue weighted by molar-refractivity contribution is 0.924. The molecule has 0 amide bonds. The zero-order chi connectivity index (χ0) is 26.7. The second-order valence-electron chi connectivity index (χ2n) is 11.3. The van der Waals surface area contributed by atoms with Gasteiger partial charge in [0, 0.05) is 58.6 Å². The van der Waals surface area contributed by atoms with Crippen molar-refractivity contribution in [2.75, 3.05) is 0 Å². The van der Waals surface area contributed by atoms with Crippen molar-refractivity contribution in [3.8, 4) is 28.2 Å². The molecule has 190 valence electrons. The molecular formula is C34H30N4Si. The molecule has 3 aromatic heterocycles. The summed E-state index contributed by atoms with van der Waals surface area (Å²) in [4.78, 5) is 9.48. The molecule has 4 aromatic carbocycles. The van der Waals surface area contributed by atoms with Crippen LogP contribution < -0.4 is 5.19 Å². The lowest BCUT2D eigenvalue weighted by Gasteiger charge is -2.20. The van der Waals surface area contributed by atoms with Crippen molar-refractivity contribution in [2.45, 2.75) is 19.6 Å². The minimum atomic E-state index is -1.52. The number of hydrogen-bond donors (Lipinski definition) is 0. The molecule has 0 aliphatic heterocycles. The normalized spacial score (nSPS) is 12.1. The maximum atomic E-state index is 4.89. The Balaban J connectivity index is 1.49. The van der Waals surface area contributed by atoms with Gasteiger partial charge in [-0.2, -0.15) is 0 Å². The van der Waals surface area contributed by atoms with Crippen molar-refractivity contribution in [1.82, 2.24) is 19.1 Å². The van der Waals surface area contributed by atoms with Gasteiger partial charge in [0.1, 0.15) is 5.82 Å². The smallest absolute Gasteiger partial charge is 0.139 e. The van der Waals surface area contributed by atoms with E-state index in [0.717, 1.165) is 22.6 Å². The van der Waals surface area contributed by atoms with Crippen molar-refractivity contribution in [3.05, 3.63) is 110 Å². The lowest BCUT2D eigenvalue weighted by atomic mass is 10.0. The minimum absolute atomic E-state index is 0.957. The summed E-state index contributed by atoms with van der Waals surface area (Å²) >= 11 is 0. The largest absolute Gasteiger partial charge is 0.334 e. The van der Waals surface area contributed by atoms with Crippen molar-refractivity contribution < 1.29 is 0 Å². The van der Waals surface area contributed by atoms with Gasteiger partial charge >= 0.3 is 0 Å². The van der Waals surface area contributed by atoms with Crippen LogP contribution >= 0.6 is 0 Å². The number of hydrogen-bond acceptors (Lipinski definition) is 2. The van der Waals surface area contributed by atoms with E-state index < -0.39 is 8.07 Å². The Hall–Kier alpha value is -4.48. The highest BCUT2D eigenvalue weighted by atomic mass is 28.3. The van der Waals surface area contributed by atoms with Gasteiger partial charge in [-0.1, -0.05) is 85.5 Å². The van der Waals surface area contributed by atoms with Gasteiger partial charge in [-0.15, -0.1) is 0 Å². The van der Waals surface area contributed by atoms with E-state index in [-0.39, 0.29) is 0 Å². The fourth-order valence-electron chi connectivity index (χ4n) is 5.90. The van der Waals surface area contributed by atoms with E-state index in [1.54, 1.807) is 0 Å². The molecule has 0 N–H and O–H groups in total. The van der Waals surface area contributed by atoms with Gasteiger partial charge in [-0.05, 0) is 35.9 Å². The van der Waals surface area contributed by atoms with E-state index in [1.807, 2.05) is 25.6 Å². The Labute approximate surface area is 229 Å². The van der Waals surface area contributed by atoms with Crippen LogP contribution in [0.4, 0.5) is 0 Å². The molecule has 7 rings (SSSR count). The van der Waals surface area contributed by atoms with Crippen molar-refractivity contribution in [3.63, 3.8) is 0 Å². The van der Waals surface area contributed by atoms with Gasteiger partial charge in [0.2, 0.25) is 0 Å². The molecule has 0 spiro atoms. The number of pyridine rings is 1. The van der Waals surface area contributed by atoms with Crippen molar-refractivity contribution >= 4 is 46.0 Å². The van der Waals surface area contributed by atoms with E-state index >= 15 is 0 Å². The van der Waals surface area contributed by atoms with E-state index in [9.17, 15) is 0 Å². The molecule has 39 heavy (non-hydrogen) atoms. The van der Waals surface area contributed by atoms with Crippen LogP contribution in [-0.2, 0) is 7.05 Å². The molecular weight excluding hydrogens is 492 g/mol. The molecule has 0 aliphatic carbocycles. The van der Waals surface area contributed by atoms with Crippen LogP contribution in [0.3, 0.4) is 0 Å². The standard InChI is InChI=1S/C34H30N4Si/c1-37-20-19-36-34(37)24-9-7-10-25(21-24)38-30-13-6-5-11-27(30)28-15-14-23(22-31(28)38)26-16-17-32(39(2,3)4)29-12-8-18-35-33(26)29/h5-22H,1-4H3. The molecule has 0 radical (unpaired) electrons. The summed E-state index contributed by atoms with van der Waals surface area (Å²) in [6, 6.07) is 33.1. The Kier molecular flexibility index (Phi) is 5.32. The minimum Gasteiger partial charge on any atom is -0.334 e. The van der Waals surface area contributed by atoms with E-state index in [0.29, 0.717) is 0 Å². The molecule has 0 fully saturated rings. The molecule has 0 bridgehead atoms. The maximum absolute atomic E-state index is 4.89. The van der Waals surface area contributed by atoms with E-state index in [4.69, 9.17) is 4.98 Å². The average Bonchev–Trinajstić information content (AvgIpc) is 3.52. The van der Waals surface area contributed by atoms with Crippen LogP contribution in [0.15, 0.2) is 110 Å². The molecule has 5 heteroatoms. The fourth-order valence-corrected chi connectivity index (χ4v) is 7.50. The summed E-state index contributed by atoms with van der Waals surface area (Å²) in [5.74, 6) is 0.957. The molecule has 0 unspecified atom stereocenters. The number of nitrogens with zero attached hydrogens (tertiary/aromatic N) is 4. The highest BCUT2D eigenvalue weighted by Crippen LogP contribution is 2.37. The highest BCUT2D eigenvalue weighted by Gasteiger charge is 2.21. The predicted molar refractivity (Wildman–Crippen MR) is 167 cm³/mol. The van der Waals surface area contributed by atoms with Gasteiger partial charge in [-0.3, -0.25) is 4.98 Å². The Morgan fingerprint density at radius 2 is 1.46 bits per heavy atom. The molecule has 7 aromatic rings. The highest BCUT2D eigenvalue weighted by molar-refractivity contribution is 6.90. The average molecular weight is 523 g/mol. The second kappa shape index (κ2) is 8.78. The molecule has 4 nitrogen and oxygen atoms in total. The number of fused-ring (bicyclic) bond motifs is 4. The first-order chi connectivity index (χ1) is 18.9. The number of aryl methyl sites for hydroxylation is 1. The van der Waals surface area contributed by atoms with Crippen LogP contribution in [-0.4, -0.2) is 27.2 Å². The zero-order valence-corrected chi connectivity index (χ0v) is 23.7. The second-order valence-corrected chi connectivity index (χ2v) is 16.3. The van der Waals surface area contributed by atoms with Crippen LogP contribution in [0.1, 0.15) is 0 Å². The van der Waals surface area contributed by atoms with Crippen LogP contribution in [0.25, 0.3) is 60.9 Å². The van der Waals surface area contributed by atoms with Gasteiger partial charge in [0.05, 0.1) is 24.6 Å². The Bertz CT molecular complexity index is 2020. The summed E-state index contributed by atoms with van der Waals surface area (Å²) in [7, 11) is 0.511. The first-order valence-electron chi connectivity index (χ1n) is 13.4. The number of imidazole rings is 1. The van der Waals surface area contributed by atoms with Crippen LogP contribution in [0.2, 0.25) is 19.6 Å². The van der Waals surface area contributed by atoms with E-state index in [1.165, 1.54) is 43.5 Å². The SMILES string of the molecule is Cn1ccnc1-c1cccc(-n2c3ccccc3c3ccc(-c4ccc([Si](C)(C)C)c5cccnc45)cc32)c1. The van der Waals surface area contributed by atoms with Gasteiger partial charge < -0.3 is 9.13 Å². The number of para-hydroxylation sites is 1. The summed E-state index contributed by atoms with van der Waals surface area (Å²) in [5.41, 5.74) is 8.03. The number of benzene rings is 4. The van der Waals surface area contributed by atoms with Crippen molar-refractivity contribution in [2.24, 2.45) is 7.05 Å². The third-order valence-corrected chi connectivity index (χ3v) is 9.80. The molecule has 0 atom stereocenters. The first kappa shape index (κ1) is 23.6. The van der Waals surface area contributed by atoms with E-state index in [2.05, 4.69) is 125 Å². The predicted octanol–water partition coefficient (Wildman–Crippen LogP) is 7.94. The fraction of sp³-hybridized carbons (Fsp3) is 0.118. The Morgan fingerprint density at radius 1 is 0.641 bits per heavy atom. The first-order valence-corrected chi connectivity index (χ1v) is 16.9. The monoisotopic (exact) mass is 522 g/mol. The lowest BCUT2D eigenvalue weighted by Crippen LogP contribution is -2.38. The Morgan fingerprint density at radius 3 is 2.28 bits per heavy atom. The number of rotatable bonds is 4. The topological polar surface area (TPSA) is 35.6 Å². The third kappa shape index (κ3) is 3.81. The molecule has 0 saturated carbocycles. The van der Waals surface area contributed by atoms with Crippen molar-refractivity contribution in [1.29, 1.82) is 0 Å². The van der Waals surface area contributed by atoms with Crippen LogP contribution in [0.5, 0.6) is 0 Å². The molecule has 0 saturated heterocycles. The van der Waals surface area contributed by atoms with Crippen LogP contribution in [0, 0.1) is 0 Å². The quantitative estimate of drug-likeness (QED) is 0.220. The van der Waals surface area contributed by atoms with Gasteiger partial charge in [0.15, 0.2) is 0 Å². The summed E-state index contributed by atoms with van der Waals surface area (Å²) in [6.07, 6.45) is 5.75. The zero-order valence-electron chi connectivity index (χ0n) is 22.7. The maximum Gasteiger partial charge on any atom is 0.139 e. The third-order valence-electron chi connectivity index (χ3n) is 7.75. The van der Waals surface area contributed by atoms with Gasteiger partial charge in [-0.25, -0.2) is 4.98 Å². The molecule has 3 heterocycles. The molecule has 0 aliphatic rings. The summed E-state index contributed by atoms with van der Waals surface area (Å²) in [5, 5.41) is 5.22. The van der Waals surface area contributed by atoms with Gasteiger partial charge in [0.25, 0.3) is 0 Å². The summed E-state index contributed by atoms with van der Waals surface area (Å²) < 4.78 is 4.44. The summed E-state index contributed by atoms with van der Waals surface area (Å²) in [6.45, 7) is 7.20. The number of aromatic nitrogens is 4.